The van der Waals surface area contributed by atoms with Gasteiger partial charge < -0.3 is 87.8 Å². The van der Waals surface area contributed by atoms with Crippen LogP contribution in [0.25, 0.3) is 0 Å². The molecule has 0 saturated heterocycles. The predicted octanol–water partition coefficient (Wildman–Crippen LogP) is -3.65. The molecule has 0 spiro atoms. The topological polar surface area (TPSA) is 494 Å². The van der Waals surface area contributed by atoms with Crippen LogP contribution in [0.2, 0.25) is 0 Å². The highest BCUT2D eigenvalue weighted by atomic mass is 16.4. The standard InChI is InChI=1S/C53H85N17O11/c1-31(2)44(74)68-39(28-33-16-6-4-7-17-33)50(80)70-41(30-42(71)72)51(81)69-40(29-34-18-8-5-9-19-34)49(79)67-37(21-11-13-25-55)47(77)66-38(23-15-27-62-53(59)60)48(78)65-36(20-10-12-24-54)46(76)63-32(3)45(75)64-35(43(56)73)22-14-26-61-52(57)58/h4-9,16-19,31-32,35-41H,10-15,20-30,54-55H2,1-3H3,(H2,56,73)(H,63,76)(H,64,75)(H,65,78)(H,66,77)(H,67,79)(H,68,74)(H,69,81)(H,70,80)(H,71,72)(H4,57,58,61)(H4,59,60,62)/t32-,35-,36-,37-,38-,39-,40-,41-/m0/s1. The molecule has 0 saturated carbocycles. The fourth-order valence-electron chi connectivity index (χ4n) is 7.96. The van der Waals surface area contributed by atoms with Crippen molar-refractivity contribution in [3.63, 3.8) is 0 Å². The number of amides is 9. The predicted molar refractivity (Wildman–Crippen MR) is 303 cm³/mol. The van der Waals surface area contributed by atoms with Gasteiger partial charge in [0.05, 0.1) is 6.42 Å². The van der Waals surface area contributed by atoms with Crippen LogP contribution in [0.4, 0.5) is 0 Å². The van der Waals surface area contributed by atoms with E-state index in [0.29, 0.717) is 36.8 Å². The zero-order valence-electron chi connectivity index (χ0n) is 46.5. The Morgan fingerprint density at radius 3 is 1.14 bits per heavy atom. The van der Waals surface area contributed by atoms with Gasteiger partial charge >= 0.3 is 5.97 Å². The first-order chi connectivity index (χ1) is 38.4. The van der Waals surface area contributed by atoms with Crippen molar-refractivity contribution in [1.29, 1.82) is 0 Å². The largest absolute Gasteiger partial charge is 0.481 e. The maximum atomic E-state index is 14.5. The van der Waals surface area contributed by atoms with Crippen molar-refractivity contribution in [3.05, 3.63) is 71.8 Å². The number of unbranched alkanes of at least 4 members (excludes halogenated alkanes) is 2. The molecule has 0 bridgehead atoms. The number of hydrogen-bond donors (Lipinski definition) is 16. The molecule has 8 atom stereocenters. The molecule has 2 aromatic rings. The second kappa shape index (κ2) is 37.5. The number of carbonyl (C=O) groups excluding carboxylic acids is 9. The first kappa shape index (κ1) is 68.7. The summed E-state index contributed by atoms with van der Waals surface area (Å²) in [7, 11) is 0. The van der Waals surface area contributed by atoms with Gasteiger partial charge in [0.1, 0.15) is 48.3 Å². The third-order valence-electron chi connectivity index (χ3n) is 12.5. The number of primary amides is 1. The van der Waals surface area contributed by atoms with Gasteiger partial charge in [-0.05, 0) is 95.3 Å². The minimum Gasteiger partial charge on any atom is -0.481 e. The van der Waals surface area contributed by atoms with E-state index in [1.165, 1.54) is 6.92 Å². The minimum absolute atomic E-state index is 0.00508. The van der Waals surface area contributed by atoms with E-state index in [1.54, 1.807) is 74.5 Å². The highest BCUT2D eigenvalue weighted by molar-refractivity contribution is 5.99. The second-order valence-corrected chi connectivity index (χ2v) is 19.7. The van der Waals surface area contributed by atoms with E-state index < -0.39 is 120 Å². The van der Waals surface area contributed by atoms with E-state index in [0.717, 1.165) is 0 Å². The van der Waals surface area contributed by atoms with Gasteiger partial charge in [0.15, 0.2) is 11.9 Å². The van der Waals surface area contributed by atoms with Crippen molar-refractivity contribution < 1.29 is 53.1 Å². The minimum atomic E-state index is -1.76. The monoisotopic (exact) mass is 1140 g/mol. The lowest BCUT2D eigenvalue weighted by atomic mass is 10.0. The van der Waals surface area contributed by atoms with Crippen LogP contribution in [-0.4, -0.2) is 151 Å². The summed E-state index contributed by atoms with van der Waals surface area (Å²) < 4.78 is 0. The normalized spacial score (nSPS) is 13.9. The second-order valence-electron chi connectivity index (χ2n) is 19.7. The average Bonchev–Trinajstić information content (AvgIpc) is 3.41. The fraction of sp³-hybridized carbons (Fsp3) is 0.547. The van der Waals surface area contributed by atoms with Crippen LogP contribution in [0.1, 0.15) is 103 Å². The van der Waals surface area contributed by atoms with E-state index in [4.69, 9.17) is 40.1 Å². The third kappa shape index (κ3) is 27.8. The molecule has 23 N–H and O–H groups in total. The van der Waals surface area contributed by atoms with Crippen LogP contribution in [0, 0.1) is 5.92 Å². The van der Waals surface area contributed by atoms with Crippen LogP contribution < -0.4 is 82.7 Å². The van der Waals surface area contributed by atoms with Crippen LogP contribution in [0.3, 0.4) is 0 Å². The molecule has 0 heterocycles. The van der Waals surface area contributed by atoms with Gasteiger partial charge in [-0.15, -0.1) is 0 Å². The lowest BCUT2D eigenvalue weighted by Crippen LogP contribution is -2.60. The fourth-order valence-corrected chi connectivity index (χ4v) is 7.96. The molecule has 28 nitrogen and oxygen atoms in total. The number of carbonyl (C=O) groups is 10. The molecule has 0 aliphatic heterocycles. The molecule has 9 amide bonds. The Morgan fingerprint density at radius 2 is 0.753 bits per heavy atom. The van der Waals surface area contributed by atoms with E-state index in [-0.39, 0.29) is 89.5 Å². The van der Waals surface area contributed by atoms with Gasteiger partial charge in [-0.25, -0.2) is 0 Å². The number of aliphatic imine (C=N–C) groups is 2. The highest BCUT2D eigenvalue weighted by Crippen LogP contribution is 2.12. The Kier molecular flexibility index (Phi) is 31.8. The quantitative estimate of drug-likeness (QED) is 0.0174. The smallest absolute Gasteiger partial charge is 0.305 e. The average molecular weight is 1140 g/mol. The molecule has 2 aromatic carbocycles. The van der Waals surface area contributed by atoms with Gasteiger partial charge in [0.2, 0.25) is 53.2 Å². The summed E-state index contributed by atoms with van der Waals surface area (Å²) in [6, 6.07) is 6.23. The van der Waals surface area contributed by atoms with Gasteiger partial charge in [-0.2, -0.15) is 0 Å². The molecule has 0 aromatic heterocycles. The zero-order chi connectivity index (χ0) is 60.4. The molecule has 2 rings (SSSR count). The Balaban J connectivity index is 2.50. The summed E-state index contributed by atoms with van der Waals surface area (Å²) in [4.78, 5) is 144. The summed E-state index contributed by atoms with van der Waals surface area (Å²) in [6.07, 6.45) is 0.822. The number of guanidine groups is 2. The summed E-state index contributed by atoms with van der Waals surface area (Å²) >= 11 is 0. The zero-order valence-corrected chi connectivity index (χ0v) is 46.5. The van der Waals surface area contributed by atoms with Gasteiger partial charge in [-0.3, -0.25) is 57.9 Å². The number of benzene rings is 2. The first-order valence-electron chi connectivity index (χ1n) is 27.0. The first-order valence-corrected chi connectivity index (χ1v) is 27.0. The van der Waals surface area contributed by atoms with Gasteiger partial charge in [0.25, 0.3) is 0 Å². The Labute approximate surface area is 471 Å². The molecular formula is C53H85N17O11. The van der Waals surface area contributed by atoms with Crippen LogP contribution in [0.15, 0.2) is 70.6 Å². The molecule has 0 unspecified atom stereocenters. The number of hydrogen-bond acceptors (Lipinski definition) is 14. The molecule has 0 fully saturated rings. The molecule has 0 radical (unpaired) electrons. The van der Waals surface area contributed by atoms with Gasteiger partial charge in [-0.1, -0.05) is 74.5 Å². The Hall–Kier alpha value is -8.40. The van der Waals surface area contributed by atoms with E-state index in [2.05, 4.69) is 52.5 Å². The number of rotatable bonds is 39. The molecule has 81 heavy (non-hydrogen) atoms. The van der Waals surface area contributed by atoms with Crippen LogP contribution in [-0.2, 0) is 60.8 Å². The number of nitrogens with two attached hydrogens (primary N) is 7. The molecule has 448 valence electrons. The number of nitrogens with one attached hydrogen (secondary N) is 8. The van der Waals surface area contributed by atoms with Crippen LogP contribution >= 0.6 is 0 Å². The summed E-state index contributed by atoms with van der Waals surface area (Å²) in [5.74, 6) is -9.77. The maximum absolute atomic E-state index is 14.5. The number of nitrogens with zero attached hydrogens (tertiary/aromatic N) is 2. The number of carboxylic acid groups (broad SMARTS) is 1. The highest BCUT2D eigenvalue weighted by Gasteiger charge is 2.35. The van der Waals surface area contributed by atoms with Crippen molar-refractivity contribution in [2.75, 3.05) is 26.2 Å². The molecular weight excluding hydrogens is 1050 g/mol. The van der Waals surface area contributed by atoms with Crippen LogP contribution in [0.5, 0.6) is 0 Å². The molecule has 0 aliphatic rings. The SMILES string of the molecule is CC(C)C(=O)N[C@@H](Cc1ccccc1)C(=O)N[C@@H](CC(=O)O)C(=O)N[C@@H](Cc1ccccc1)C(=O)N[C@@H](CCCCN)C(=O)N[C@@H](CCCN=C(N)N)C(=O)N[C@@H](CCCCN)C(=O)N[C@@H](C)C(=O)N[C@@H](CCCN=C(N)N)C(N)=O. The third-order valence-corrected chi connectivity index (χ3v) is 12.5. The summed E-state index contributed by atoms with van der Waals surface area (Å²) in [5.41, 5.74) is 40.1. The van der Waals surface area contributed by atoms with Crippen molar-refractivity contribution in [1.82, 2.24) is 42.5 Å². The van der Waals surface area contributed by atoms with E-state index in [1.807, 2.05) is 0 Å². The maximum Gasteiger partial charge on any atom is 0.305 e. The summed E-state index contributed by atoms with van der Waals surface area (Å²) in [5, 5.41) is 30.7. The van der Waals surface area contributed by atoms with Gasteiger partial charge in [0, 0.05) is 31.8 Å². The van der Waals surface area contributed by atoms with Crippen molar-refractivity contribution in [3.8, 4) is 0 Å². The van der Waals surface area contributed by atoms with Crippen molar-refractivity contribution in [2.24, 2.45) is 56.0 Å². The number of carboxylic acids is 1. The summed E-state index contributed by atoms with van der Waals surface area (Å²) in [6.45, 7) is 5.26. The molecule has 28 heteroatoms. The van der Waals surface area contributed by atoms with Crippen molar-refractivity contribution >= 4 is 71.1 Å². The Bertz CT molecular complexity index is 2420. The number of aliphatic carboxylic acids is 1. The lowest BCUT2D eigenvalue weighted by molar-refractivity contribution is -0.141. The lowest BCUT2D eigenvalue weighted by Gasteiger charge is -2.28. The van der Waals surface area contributed by atoms with E-state index in [9.17, 15) is 53.1 Å². The van der Waals surface area contributed by atoms with E-state index >= 15 is 0 Å². The molecule has 0 aliphatic carbocycles. The Morgan fingerprint density at radius 1 is 0.420 bits per heavy atom. The van der Waals surface area contributed by atoms with Crippen molar-refractivity contribution in [2.45, 2.75) is 153 Å².